The predicted octanol–water partition coefficient (Wildman–Crippen LogP) is 2.04. The lowest BCUT2D eigenvalue weighted by Gasteiger charge is -2.08. The van der Waals surface area contributed by atoms with Crippen molar-refractivity contribution in [3.8, 4) is 0 Å². The molecule has 0 radical (unpaired) electrons. The van der Waals surface area contributed by atoms with E-state index < -0.39 is 0 Å². The molecule has 11 heavy (non-hydrogen) atoms. The van der Waals surface area contributed by atoms with Crippen molar-refractivity contribution in [2.75, 3.05) is 13.1 Å². The second-order valence-corrected chi connectivity index (χ2v) is 2.60. The molecular formula is C9H15NO. The Balaban J connectivity index is 0.000000112. The van der Waals surface area contributed by atoms with Crippen molar-refractivity contribution in [1.29, 1.82) is 0 Å². The standard InChI is InChI=1S/C5H11N.C4H4O/c1-2-4-6-5-3-1;1-2-4-5-3-1/h6H,1-5H2;1-4H. The first-order valence-electron chi connectivity index (χ1n) is 4.18. The van der Waals surface area contributed by atoms with E-state index in [1.165, 1.54) is 32.4 Å². The highest BCUT2D eigenvalue weighted by Gasteiger charge is 1.93. The molecule has 2 heteroatoms. The van der Waals surface area contributed by atoms with E-state index in [1.807, 2.05) is 12.1 Å². The molecule has 0 amide bonds. The summed E-state index contributed by atoms with van der Waals surface area (Å²) in [5, 5.41) is 3.28. The molecule has 0 unspecified atom stereocenters. The van der Waals surface area contributed by atoms with Gasteiger partial charge in [-0.2, -0.15) is 0 Å². The quantitative estimate of drug-likeness (QED) is 0.617. The fourth-order valence-corrected chi connectivity index (χ4v) is 1.03. The zero-order chi connectivity index (χ0) is 7.78. The van der Waals surface area contributed by atoms with E-state index in [4.69, 9.17) is 0 Å². The van der Waals surface area contributed by atoms with Crippen molar-refractivity contribution >= 4 is 0 Å². The lowest BCUT2D eigenvalue weighted by molar-refractivity contribution is 0.520. The fourth-order valence-electron chi connectivity index (χ4n) is 1.03. The highest BCUT2D eigenvalue weighted by Crippen LogP contribution is 1.96. The lowest BCUT2D eigenvalue weighted by Crippen LogP contribution is -2.21. The Morgan fingerprint density at radius 1 is 0.909 bits per heavy atom. The van der Waals surface area contributed by atoms with Gasteiger partial charge in [0.15, 0.2) is 0 Å². The molecule has 62 valence electrons. The summed E-state index contributed by atoms with van der Waals surface area (Å²) >= 11 is 0. The van der Waals surface area contributed by atoms with Crippen molar-refractivity contribution in [3.05, 3.63) is 24.7 Å². The summed E-state index contributed by atoms with van der Waals surface area (Å²) in [6.07, 6.45) is 7.47. The molecule has 1 aliphatic heterocycles. The van der Waals surface area contributed by atoms with Gasteiger partial charge in [-0.05, 0) is 38.1 Å². The van der Waals surface area contributed by atoms with Crippen LogP contribution in [0.4, 0.5) is 0 Å². The Morgan fingerprint density at radius 2 is 1.55 bits per heavy atom. The summed E-state index contributed by atoms with van der Waals surface area (Å²) in [4.78, 5) is 0. The van der Waals surface area contributed by atoms with Gasteiger partial charge in [0.05, 0.1) is 12.5 Å². The Kier molecular flexibility index (Phi) is 4.54. The third-order valence-corrected chi connectivity index (χ3v) is 1.63. The zero-order valence-electron chi connectivity index (χ0n) is 6.75. The maximum atomic E-state index is 4.58. The van der Waals surface area contributed by atoms with Crippen molar-refractivity contribution < 1.29 is 4.42 Å². The molecule has 2 nitrogen and oxygen atoms in total. The third-order valence-electron chi connectivity index (χ3n) is 1.63. The van der Waals surface area contributed by atoms with Crippen LogP contribution in [0.3, 0.4) is 0 Å². The van der Waals surface area contributed by atoms with Gasteiger partial charge in [0, 0.05) is 0 Å². The molecule has 0 aromatic carbocycles. The Bertz CT molecular complexity index is 116. The van der Waals surface area contributed by atoms with Gasteiger partial charge in [-0.15, -0.1) is 0 Å². The molecule has 1 saturated heterocycles. The van der Waals surface area contributed by atoms with Crippen LogP contribution in [0.1, 0.15) is 19.3 Å². The Labute approximate surface area is 67.6 Å². The van der Waals surface area contributed by atoms with Crippen LogP contribution < -0.4 is 5.32 Å². The zero-order valence-corrected chi connectivity index (χ0v) is 6.75. The highest BCUT2D eigenvalue weighted by molar-refractivity contribution is 4.79. The minimum Gasteiger partial charge on any atom is -0.473 e. The molecule has 0 saturated carbocycles. The summed E-state index contributed by atoms with van der Waals surface area (Å²) < 4.78 is 4.58. The number of furan rings is 1. The predicted molar refractivity (Wildman–Crippen MR) is 45.4 cm³/mol. The first-order chi connectivity index (χ1) is 5.50. The summed E-state index contributed by atoms with van der Waals surface area (Å²) in [6.45, 7) is 2.50. The number of rotatable bonds is 0. The topological polar surface area (TPSA) is 25.2 Å². The lowest BCUT2D eigenvalue weighted by atomic mass is 10.2. The van der Waals surface area contributed by atoms with Crippen LogP contribution in [-0.4, -0.2) is 13.1 Å². The number of hydrogen-bond acceptors (Lipinski definition) is 2. The Hall–Kier alpha value is -0.760. The summed E-state index contributed by atoms with van der Waals surface area (Å²) in [6, 6.07) is 3.67. The van der Waals surface area contributed by atoms with Gasteiger partial charge >= 0.3 is 0 Å². The molecule has 1 aromatic heterocycles. The average Bonchev–Trinajstić information content (AvgIpc) is 2.64. The second-order valence-electron chi connectivity index (χ2n) is 2.60. The number of nitrogens with one attached hydrogen (secondary N) is 1. The highest BCUT2D eigenvalue weighted by atomic mass is 16.3. The third kappa shape index (κ3) is 4.62. The van der Waals surface area contributed by atoms with Crippen LogP contribution in [-0.2, 0) is 0 Å². The minimum absolute atomic E-state index is 1.25. The molecule has 1 aliphatic rings. The maximum Gasteiger partial charge on any atom is 0.0902 e. The largest absolute Gasteiger partial charge is 0.473 e. The van der Waals surface area contributed by atoms with Crippen LogP contribution in [0.5, 0.6) is 0 Å². The van der Waals surface area contributed by atoms with E-state index in [0.29, 0.717) is 0 Å². The second kappa shape index (κ2) is 5.98. The van der Waals surface area contributed by atoms with Crippen molar-refractivity contribution in [3.63, 3.8) is 0 Å². The van der Waals surface area contributed by atoms with Crippen LogP contribution >= 0.6 is 0 Å². The van der Waals surface area contributed by atoms with Crippen molar-refractivity contribution in [2.45, 2.75) is 19.3 Å². The van der Waals surface area contributed by atoms with Crippen LogP contribution in [0.25, 0.3) is 0 Å². The van der Waals surface area contributed by atoms with Crippen molar-refractivity contribution in [2.24, 2.45) is 0 Å². The van der Waals surface area contributed by atoms with E-state index in [2.05, 4.69) is 9.73 Å². The van der Waals surface area contributed by atoms with Crippen LogP contribution in [0, 0.1) is 0 Å². The molecule has 2 heterocycles. The van der Waals surface area contributed by atoms with Crippen LogP contribution in [0.2, 0.25) is 0 Å². The molecular weight excluding hydrogens is 138 g/mol. The van der Waals surface area contributed by atoms with Gasteiger partial charge in [-0.1, -0.05) is 6.42 Å². The first kappa shape index (κ1) is 8.34. The van der Waals surface area contributed by atoms with Gasteiger partial charge in [0.1, 0.15) is 0 Å². The monoisotopic (exact) mass is 153 g/mol. The first-order valence-corrected chi connectivity index (χ1v) is 4.18. The molecule has 1 N–H and O–H groups in total. The van der Waals surface area contributed by atoms with E-state index in [0.717, 1.165) is 0 Å². The summed E-state index contributed by atoms with van der Waals surface area (Å²) in [7, 11) is 0. The molecule has 2 rings (SSSR count). The molecule has 0 aliphatic carbocycles. The number of piperidine rings is 1. The summed E-state index contributed by atoms with van der Waals surface area (Å²) in [5.41, 5.74) is 0. The van der Waals surface area contributed by atoms with Gasteiger partial charge < -0.3 is 9.73 Å². The van der Waals surface area contributed by atoms with Gasteiger partial charge in [0.25, 0.3) is 0 Å². The molecule has 0 bridgehead atoms. The molecule has 0 atom stereocenters. The fraction of sp³-hybridized carbons (Fsp3) is 0.556. The summed E-state index contributed by atoms with van der Waals surface area (Å²) in [5.74, 6) is 0. The van der Waals surface area contributed by atoms with E-state index >= 15 is 0 Å². The molecule has 0 spiro atoms. The van der Waals surface area contributed by atoms with E-state index in [9.17, 15) is 0 Å². The Morgan fingerprint density at radius 3 is 1.73 bits per heavy atom. The van der Waals surface area contributed by atoms with Gasteiger partial charge in [-0.25, -0.2) is 0 Å². The SMILES string of the molecule is C1CCNCC1.c1ccoc1. The normalized spacial score (nSPS) is 16.7. The number of hydrogen-bond donors (Lipinski definition) is 1. The van der Waals surface area contributed by atoms with Crippen LogP contribution in [0.15, 0.2) is 29.1 Å². The van der Waals surface area contributed by atoms with Gasteiger partial charge in [0.2, 0.25) is 0 Å². The smallest absolute Gasteiger partial charge is 0.0902 e. The molecule has 1 aromatic rings. The van der Waals surface area contributed by atoms with E-state index in [1.54, 1.807) is 12.5 Å². The van der Waals surface area contributed by atoms with Gasteiger partial charge in [-0.3, -0.25) is 0 Å². The van der Waals surface area contributed by atoms with E-state index in [-0.39, 0.29) is 0 Å². The minimum atomic E-state index is 1.25. The van der Waals surface area contributed by atoms with Crippen molar-refractivity contribution in [1.82, 2.24) is 5.32 Å². The maximum absolute atomic E-state index is 4.58. The average molecular weight is 153 g/mol. The molecule has 1 fully saturated rings.